The Bertz CT molecular complexity index is 1400. The molecular weight excluding hydrogens is 420 g/mol. The van der Waals surface area contributed by atoms with E-state index < -0.39 is 0 Å². The molecule has 0 saturated heterocycles. The fourth-order valence-electron chi connectivity index (χ4n) is 3.39. The van der Waals surface area contributed by atoms with Crippen LogP contribution in [-0.4, -0.2) is 13.7 Å². The quantitative estimate of drug-likeness (QED) is 0.485. The highest BCUT2D eigenvalue weighted by Crippen LogP contribution is 2.35. The molecule has 6 nitrogen and oxygen atoms in total. The number of hydrogen-bond acceptors (Lipinski definition) is 3. The first kappa shape index (κ1) is 18.0. The van der Waals surface area contributed by atoms with Crippen LogP contribution in [0.4, 0.5) is 0 Å². The first-order valence-corrected chi connectivity index (χ1v) is 9.30. The number of nitriles is 1. The summed E-state index contributed by atoms with van der Waals surface area (Å²) in [6.45, 7) is 0. The summed E-state index contributed by atoms with van der Waals surface area (Å²) in [7, 11) is 3.12. The molecule has 2 heterocycles. The van der Waals surface area contributed by atoms with E-state index in [0.717, 1.165) is 20.3 Å². The van der Waals surface area contributed by atoms with Crippen LogP contribution in [0.5, 0.6) is 0 Å². The maximum absolute atomic E-state index is 13.0. The van der Waals surface area contributed by atoms with Crippen LogP contribution in [0.15, 0.2) is 68.8 Å². The summed E-state index contributed by atoms with van der Waals surface area (Å²) in [6, 6.07) is 16.9. The van der Waals surface area contributed by atoms with Gasteiger partial charge in [0.1, 0.15) is 0 Å². The standard InChI is InChI=1S/C21H15BrN4O2/c1-24-17-12-26(14-7-5-6-13(10-14)11-23)19(15-8-3-4-9-16(15)22)18(17)20(27)25(2)21(24)28/h3-10,12H,1-2H3. The van der Waals surface area contributed by atoms with E-state index >= 15 is 0 Å². The lowest BCUT2D eigenvalue weighted by Gasteiger charge is -2.12. The molecule has 7 heteroatoms. The fraction of sp³-hybridized carbons (Fsp3) is 0.0952. The Balaban J connectivity index is 2.24. The molecule has 2 aromatic carbocycles. The van der Waals surface area contributed by atoms with Gasteiger partial charge in [-0.1, -0.05) is 40.2 Å². The second-order valence-corrected chi connectivity index (χ2v) is 7.31. The van der Waals surface area contributed by atoms with Gasteiger partial charge in [0.2, 0.25) is 0 Å². The number of fused-ring (bicyclic) bond motifs is 1. The highest BCUT2D eigenvalue weighted by Gasteiger charge is 2.21. The summed E-state index contributed by atoms with van der Waals surface area (Å²) in [4.78, 5) is 25.5. The molecule has 0 aliphatic rings. The third-order valence-corrected chi connectivity index (χ3v) is 5.51. The van der Waals surface area contributed by atoms with Crippen LogP contribution >= 0.6 is 15.9 Å². The molecule has 4 rings (SSSR count). The predicted octanol–water partition coefficient (Wildman–Crippen LogP) is 3.33. The second-order valence-electron chi connectivity index (χ2n) is 6.46. The Morgan fingerprint density at radius 1 is 1.00 bits per heavy atom. The van der Waals surface area contributed by atoms with E-state index in [1.165, 1.54) is 11.6 Å². The largest absolute Gasteiger partial charge is 0.330 e. The molecule has 0 amide bonds. The van der Waals surface area contributed by atoms with Gasteiger partial charge in [-0.25, -0.2) is 4.79 Å². The lowest BCUT2D eigenvalue weighted by atomic mass is 10.1. The van der Waals surface area contributed by atoms with E-state index in [4.69, 9.17) is 0 Å². The maximum Gasteiger partial charge on any atom is 0.330 e. The zero-order chi connectivity index (χ0) is 20.0. The molecule has 0 radical (unpaired) electrons. The van der Waals surface area contributed by atoms with Crippen molar-refractivity contribution in [1.82, 2.24) is 13.7 Å². The molecule has 0 N–H and O–H groups in total. The third kappa shape index (κ3) is 2.62. The molecule has 28 heavy (non-hydrogen) atoms. The molecule has 0 fully saturated rings. The Kier molecular flexibility index (Phi) is 4.28. The van der Waals surface area contributed by atoms with Crippen LogP contribution in [0.1, 0.15) is 5.56 Å². The molecule has 0 bridgehead atoms. The van der Waals surface area contributed by atoms with Crippen LogP contribution in [0.2, 0.25) is 0 Å². The number of halogens is 1. The Morgan fingerprint density at radius 3 is 2.46 bits per heavy atom. The minimum absolute atomic E-state index is 0.362. The molecule has 0 saturated carbocycles. The van der Waals surface area contributed by atoms with E-state index in [1.54, 1.807) is 31.4 Å². The van der Waals surface area contributed by atoms with Gasteiger partial charge in [-0.3, -0.25) is 13.9 Å². The van der Waals surface area contributed by atoms with Gasteiger partial charge in [0.05, 0.1) is 28.2 Å². The summed E-state index contributed by atoms with van der Waals surface area (Å²) in [5.74, 6) is 0. The van der Waals surface area contributed by atoms with Gasteiger partial charge < -0.3 is 4.57 Å². The van der Waals surface area contributed by atoms with Crippen LogP contribution in [0.25, 0.3) is 27.8 Å². The molecule has 138 valence electrons. The van der Waals surface area contributed by atoms with E-state index in [1.807, 2.05) is 34.9 Å². The number of aryl methyl sites for hydroxylation is 1. The molecule has 0 spiro atoms. The van der Waals surface area contributed by atoms with Crippen molar-refractivity contribution in [2.45, 2.75) is 0 Å². The summed E-state index contributed by atoms with van der Waals surface area (Å²) < 4.78 is 5.25. The summed E-state index contributed by atoms with van der Waals surface area (Å²) >= 11 is 3.57. The number of hydrogen-bond donors (Lipinski definition) is 0. The summed E-state index contributed by atoms with van der Waals surface area (Å²) in [6.07, 6.45) is 1.77. The van der Waals surface area contributed by atoms with Gasteiger partial charge in [0, 0.05) is 36.0 Å². The molecule has 0 unspecified atom stereocenters. The topological polar surface area (TPSA) is 72.7 Å². The molecule has 0 atom stereocenters. The Morgan fingerprint density at radius 2 is 1.75 bits per heavy atom. The van der Waals surface area contributed by atoms with Crippen molar-refractivity contribution in [2.24, 2.45) is 14.1 Å². The van der Waals surface area contributed by atoms with Gasteiger partial charge in [-0.2, -0.15) is 5.26 Å². The molecule has 0 aliphatic heterocycles. The van der Waals surface area contributed by atoms with Crippen LogP contribution in [0.3, 0.4) is 0 Å². The lowest BCUT2D eigenvalue weighted by molar-refractivity contribution is 0.714. The average molecular weight is 435 g/mol. The predicted molar refractivity (Wildman–Crippen MR) is 112 cm³/mol. The number of nitrogens with zero attached hydrogens (tertiary/aromatic N) is 4. The highest BCUT2D eigenvalue weighted by molar-refractivity contribution is 9.10. The minimum Gasteiger partial charge on any atom is -0.313 e. The second kappa shape index (κ2) is 6.66. The fourth-order valence-corrected chi connectivity index (χ4v) is 3.86. The average Bonchev–Trinajstić information content (AvgIpc) is 3.11. The van der Waals surface area contributed by atoms with Gasteiger partial charge in [-0.05, 0) is 24.3 Å². The lowest BCUT2D eigenvalue weighted by Crippen LogP contribution is -2.36. The van der Waals surface area contributed by atoms with E-state index in [-0.39, 0.29) is 11.2 Å². The van der Waals surface area contributed by atoms with Gasteiger partial charge in [0.25, 0.3) is 5.56 Å². The van der Waals surface area contributed by atoms with Gasteiger partial charge >= 0.3 is 5.69 Å². The summed E-state index contributed by atoms with van der Waals surface area (Å²) in [5.41, 5.74) is 2.49. The first-order valence-electron chi connectivity index (χ1n) is 8.50. The third-order valence-electron chi connectivity index (χ3n) is 4.82. The van der Waals surface area contributed by atoms with Gasteiger partial charge in [-0.15, -0.1) is 0 Å². The van der Waals surface area contributed by atoms with E-state index in [2.05, 4.69) is 22.0 Å². The number of rotatable bonds is 2. The zero-order valence-electron chi connectivity index (χ0n) is 15.2. The van der Waals surface area contributed by atoms with Crippen molar-refractivity contribution in [1.29, 1.82) is 5.26 Å². The monoisotopic (exact) mass is 434 g/mol. The zero-order valence-corrected chi connectivity index (χ0v) is 16.8. The van der Waals surface area contributed by atoms with Crippen LogP contribution in [0, 0.1) is 11.3 Å². The van der Waals surface area contributed by atoms with Crippen molar-refractivity contribution < 1.29 is 0 Å². The first-order chi connectivity index (χ1) is 13.4. The number of aromatic nitrogens is 3. The van der Waals surface area contributed by atoms with Crippen LogP contribution < -0.4 is 11.2 Å². The smallest absolute Gasteiger partial charge is 0.313 e. The van der Waals surface area contributed by atoms with Crippen molar-refractivity contribution in [3.05, 3.63) is 85.6 Å². The van der Waals surface area contributed by atoms with E-state index in [9.17, 15) is 14.9 Å². The van der Waals surface area contributed by atoms with Crippen molar-refractivity contribution >= 4 is 26.8 Å². The molecule has 0 aliphatic carbocycles. The SMILES string of the molecule is Cn1c(=O)c2c(-c3ccccc3Br)n(-c3cccc(C#N)c3)cc2n(C)c1=O. The maximum atomic E-state index is 13.0. The van der Waals surface area contributed by atoms with E-state index in [0.29, 0.717) is 22.2 Å². The van der Waals surface area contributed by atoms with Crippen molar-refractivity contribution in [3.8, 4) is 23.0 Å². The van der Waals surface area contributed by atoms with Crippen molar-refractivity contribution in [3.63, 3.8) is 0 Å². The van der Waals surface area contributed by atoms with Crippen molar-refractivity contribution in [2.75, 3.05) is 0 Å². The number of benzene rings is 2. The summed E-state index contributed by atoms with van der Waals surface area (Å²) in [5, 5.41) is 9.72. The Labute approximate surface area is 168 Å². The highest BCUT2D eigenvalue weighted by atomic mass is 79.9. The molecular formula is C21H15BrN4O2. The molecule has 2 aromatic heterocycles. The normalized spacial score (nSPS) is 10.9. The van der Waals surface area contributed by atoms with Crippen LogP contribution in [-0.2, 0) is 14.1 Å². The Hall–Kier alpha value is -3.37. The molecule has 4 aromatic rings. The van der Waals surface area contributed by atoms with Gasteiger partial charge in [0.15, 0.2) is 0 Å². The minimum atomic E-state index is -0.390.